The van der Waals surface area contributed by atoms with Crippen LogP contribution in [0.3, 0.4) is 0 Å². The van der Waals surface area contributed by atoms with Crippen molar-refractivity contribution < 1.29 is 13.9 Å². The molecule has 0 unspecified atom stereocenters. The van der Waals surface area contributed by atoms with Crippen molar-refractivity contribution in [1.82, 2.24) is 5.32 Å². The summed E-state index contributed by atoms with van der Waals surface area (Å²) in [7, 11) is 0. The molecule has 1 aromatic heterocycles. The van der Waals surface area contributed by atoms with E-state index in [1.54, 1.807) is 19.1 Å². The first-order valence-corrected chi connectivity index (χ1v) is 5.97. The number of carbonyl (C=O) groups is 1. The van der Waals surface area contributed by atoms with Gasteiger partial charge in [-0.05, 0) is 26.0 Å². The van der Waals surface area contributed by atoms with Crippen LogP contribution in [-0.2, 0) is 11.3 Å². The van der Waals surface area contributed by atoms with Gasteiger partial charge in [0.25, 0.3) is 0 Å². The monoisotopic (exact) mass is 393 g/mol. The molecule has 1 rings (SSSR count). The summed E-state index contributed by atoms with van der Waals surface area (Å²) in [6.45, 7) is 8.51. The molecular formula is C13H20IN3O3. The van der Waals surface area contributed by atoms with E-state index in [0.717, 1.165) is 5.57 Å². The van der Waals surface area contributed by atoms with E-state index in [-0.39, 0.29) is 36.3 Å². The molecule has 0 saturated carbocycles. The average Bonchev–Trinajstić information content (AvgIpc) is 2.83. The first-order chi connectivity index (χ1) is 9.02. The lowest BCUT2D eigenvalue weighted by atomic mass is 10.3. The molecule has 0 aromatic carbocycles. The fourth-order valence-electron chi connectivity index (χ4n) is 1.24. The molecule has 0 amide bonds. The number of guanidine groups is 1. The van der Waals surface area contributed by atoms with Gasteiger partial charge >= 0.3 is 5.97 Å². The van der Waals surface area contributed by atoms with Gasteiger partial charge in [-0.3, -0.25) is 0 Å². The molecule has 0 bridgehead atoms. The molecule has 0 radical (unpaired) electrons. The van der Waals surface area contributed by atoms with E-state index in [4.69, 9.17) is 14.9 Å². The third kappa shape index (κ3) is 6.60. The van der Waals surface area contributed by atoms with Gasteiger partial charge in [-0.15, -0.1) is 24.0 Å². The highest BCUT2D eigenvalue weighted by molar-refractivity contribution is 14.0. The minimum Gasteiger partial charge on any atom is -0.460 e. The van der Waals surface area contributed by atoms with Gasteiger partial charge in [-0.2, -0.15) is 0 Å². The van der Waals surface area contributed by atoms with E-state index >= 15 is 0 Å². The molecule has 0 aliphatic heterocycles. The van der Waals surface area contributed by atoms with Crippen molar-refractivity contribution in [2.75, 3.05) is 13.2 Å². The lowest BCUT2D eigenvalue weighted by Gasteiger charge is -2.03. The molecule has 0 aliphatic carbocycles. The van der Waals surface area contributed by atoms with Gasteiger partial charge in [0.2, 0.25) is 5.76 Å². The summed E-state index contributed by atoms with van der Waals surface area (Å²) >= 11 is 0. The van der Waals surface area contributed by atoms with Crippen LogP contribution in [0.5, 0.6) is 0 Å². The number of carbonyl (C=O) groups excluding carboxylic acids is 1. The predicted octanol–water partition coefficient (Wildman–Crippen LogP) is 2.05. The van der Waals surface area contributed by atoms with Gasteiger partial charge in [-0.1, -0.05) is 12.2 Å². The average molecular weight is 393 g/mol. The van der Waals surface area contributed by atoms with E-state index in [9.17, 15) is 4.79 Å². The van der Waals surface area contributed by atoms with Crippen LogP contribution in [0.15, 0.2) is 33.7 Å². The van der Waals surface area contributed by atoms with E-state index in [0.29, 0.717) is 24.9 Å². The van der Waals surface area contributed by atoms with E-state index in [1.807, 2.05) is 6.92 Å². The summed E-state index contributed by atoms with van der Waals surface area (Å²) in [4.78, 5) is 15.5. The van der Waals surface area contributed by atoms with Gasteiger partial charge in [0, 0.05) is 6.54 Å². The van der Waals surface area contributed by atoms with Crippen LogP contribution in [-0.4, -0.2) is 25.1 Å². The van der Waals surface area contributed by atoms with Crippen molar-refractivity contribution in [1.29, 1.82) is 0 Å². The Hall–Kier alpha value is -1.51. The second-order valence-corrected chi connectivity index (χ2v) is 4.00. The summed E-state index contributed by atoms with van der Waals surface area (Å²) in [5.74, 6) is 0.534. The van der Waals surface area contributed by atoms with Crippen LogP contribution in [0.4, 0.5) is 0 Å². The van der Waals surface area contributed by atoms with Crippen molar-refractivity contribution in [3.63, 3.8) is 0 Å². The summed E-state index contributed by atoms with van der Waals surface area (Å²) in [6.07, 6.45) is 0. The molecular weight excluding hydrogens is 373 g/mol. The van der Waals surface area contributed by atoms with Crippen LogP contribution in [0.2, 0.25) is 0 Å². The van der Waals surface area contributed by atoms with E-state index < -0.39 is 5.97 Å². The molecule has 112 valence electrons. The Balaban J connectivity index is 0.00000361. The number of rotatable bonds is 6. The topological polar surface area (TPSA) is 89.8 Å². The molecule has 0 spiro atoms. The summed E-state index contributed by atoms with van der Waals surface area (Å²) in [5, 5.41) is 2.90. The molecule has 1 aromatic rings. The van der Waals surface area contributed by atoms with Crippen molar-refractivity contribution >= 4 is 35.9 Å². The second kappa shape index (κ2) is 9.40. The Bertz CT molecular complexity index is 483. The SMILES string of the molecule is C=C(C)CNC(N)=NCc1ccc(C(=O)OCC)o1.I. The molecule has 0 fully saturated rings. The fraction of sp³-hybridized carbons (Fsp3) is 0.385. The quantitative estimate of drug-likeness (QED) is 0.254. The van der Waals surface area contributed by atoms with Gasteiger partial charge in [0.15, 0.2) is 5.96 Å². The number of aliphatic imine (C=N–C) groups is 1. The largest absolute Gasteiger partial charge is 0.460 e. The molecule has 20 heavy (non-hydrogen) atoms. The lowest BCUT2D eigenvalue weighted by Crippen LogP contribution is -2.32. The highest BCUT2D eigenvalue weighted by Gasteiger charge is 2.11. The van der Waals surface area contributed by atoms with Gasteiger partial charge in [0.1, 0.15) is 12.3 Å². The van der Waals surface area contributed by atoms with E-state index in [1.165, 1.54) is 0 Å². The minimum absolute atomic E-state index is 0. The van der Waals surface area contributed by atoms with Crippen LogP contribution < -0.4 is 11.1 Å². The van der Waals surface area contributed by atoms with E-state index in [2.05, 4.69) is 16.9 Å². The van der Waals surface area contributed by atoms with Gasteiger partial charge < -0.3 is 20.2 Å². The number of hydrogen-bond acceptors (Lipinski definition) is 4. The van der Waals surface area contributed by atoms with Crippen LogP contribution >= 0.6 is 24.0 Å². The third-order valence-corrected chi connectivity index (χ3v) is 2.11. The normalized spacial score (nSPS) is 10.6. The molecule has 0 aliphatic rings. The molecule has 1 heterocycles. The number of esters is 1. The molecule has 3 N–H and O–H groups in total. The Morgan fingerprint density at radius 1 is 1.55 bits per heavy atom. The number of hydrogen-bond donors (Lipinski definition) is 2. The van der Waals surface area contributed by atoms with Crippen LogP contribution in [0.25, 0.3) is 0 Å². The van der Waals surface area contributed by atoms with Gasteiger partial charge in [-0.25, -0.2) is 9.79 Å². The first-order valence-electron chi connectivity index (χ1n) is 5.97. The maximum absolute atomic E-state index is 11.4. The zero-order valence-corrected chi connectivity index (χ0v) is 14.0. The van der Waals surface area contributed by atoms with Crippen molar-refractivity contribution in [2.24, 2.45) is 10.7 Å². The summed E-state index contributed by atoms with van der Waals surface area (Å²) in [6, 6.07) is 3.22. The maximum Gasteiger partial charge on any atom is 0.374 e. The number of nitrogens with one attached hydrogen (secondary N) is 1. The Morgan fingerprint density at radius 3 is 2.85 bits per heavy atom. The maximum atomic E-state index is 11.4. The fourth-order valence-corrected chi connectivity index (χ4v) is 1.24. The smallest absolute Gasteiger partial charge is 0.374 e. The van der Waals surface area contributed by atoms with Crippen molar-refractivity contribution in [2.45, 2.75) is 20.4 Å². The Kier molecular flexibility index (Phi) is 8.69. The predicted molar refractivity (Wildman–Crippen MR) is 88.2 cm³/mol. The standard InChI is InChI=1S/C13H19N3O3.HI/c1-4-18-12(17)11-6-5-10(19-11)8-16-13(14)15-7-9(2)3;/h5-6H,2,4,7-8H2,1,3H3,(H3,14,15,16);1H. The zero-order valence-electron chi connectivity index (χ0n) is 11.6. The lowest BCUT2D eigenvalue weighted by molar-refractivity contribution is 0.0488. The van der Waals surface area contributed by atoms with Gasteiger partial charge in [0.05, 0.1) is 6.61 Å². The third-order valence-electron chi connectivity index (χ3n) is 2.11. The number of ether oxygens (including phenoxy) is 1. The minimum atomic E-state index is -0.480. The van der Waals surface area contributed by atoms with Crippen LogP contribution in [0, 0.1) is 0 Å². The number of furan rings is 1. The highest BCUT2D eigenvalue weighted by atomic mass is 127. The second-order valence-electron chi connectivity index (χ2n) is 4.00. The number of nitrogens with two attached hydrogens (primary N) is 1. The molecule has 0 atom stereocenters. The molecule has 7 heteroatoms. The molecule has 6 nitrogen and oxygen atoms in total. The van der Waals surface area contributed by atoms with Crippen LogP contribution in [0.1, 0.15) is 30.2 Å². The Labute approximate surface area is 135 Å². The molecule has 0 saturated heterocycles. The number of halogens is 1. The first kappa shape index (κ1) is 18.5. The summed E-state index contributed by atoms with van der Waals surface area (Å²) in [5.41, 5.74) is 6.61. The highest BCUT2D eigenvalue weighted by Crippen LogP contribution is 2.10. The summed E-state index contributed by atoms with van der Waals surface area (Å²) < 4.78 is 10.1. The number of nitrogens with zero attached hydrogens (tertiary/aromatic N) is 1. The van der Waals surface area contributed by atoms with Crippen molar-refractivity contribution in [3.8, 4) is 0 Å². The zero-order chi connectivity index (χ0) is 14.3. The Morgan fingerprint density at radius 2 is 2.25 bits per heavy atom. The van der Waals surface area contributed by atoms with Crippen molar-refractivity contribution in [3.05, 3.63) is 35.8 Å².